The zero-order valence-corrected chi connectivity index (χ0v) is 14.4. The Morgan fingerprint density at radius 3 is 2.54 bits per heavy atom. The van der Waals surface area contributed by atoms with Crippen molar-refractivity contribution in [3.8, 4) is 0 Å². The first-order chi connectivity index (χ1) is 11.6. The summed E-state index contributed by atoms with van der Waals surface area (Å²) in [4.78, 5) is 24.9. The molecule has 1 saturated heterocycles. The minimum atomic E-state index is -0.821. The van der Waals surface area contributed by atoms with Gasteiger partial charge < -0.3 is 10.4 Å². The van der Waals surface area contributed by atoms with Crippen molar-refractivity contribution in [2.24, 2.45) is 5.92 Å². The zero-order chi connectivity index (χ0) is 17.4. The van der Waals surface area contributed by atoms with Gasteiger partial charge >= 0.3 is 5.97 Å². The molecule has 1 aromatic rings. The summed E-state index contributed by atoms with van der Waals surface area (Å²) in [6, 6.07) is 10.4. The second-order valence-electron chi connectivity index (χ2n) is 6.63. The number of likely N-dealkylation sites (tertiary alicyclic amines) is 1. The molecular formula is C19H28N2O3. The minimum absolute atomic E-state index is 0.00176. The van der Waals surface area contributed by atoms with Gasteiger partial charge in [-0.25, -0.2) is 0 Å². The van der Waals surface area contributed by atoms with Crippen molar-refractivity contribution >= 4 is 11.9 Å². The highest BCUT2D eigenvalue weighted by atomic mass is 16.4. The lowest BCUT2D eigenvalue weighted by Gasteiger charge is -2.35. The van der Waals surface area contributed by atoms with Gasteiger partial charge in [0.05, 0.1) is 6.04 Å². The number of carbonyl (C=O) groups is 2. The average molecular weight is 332 g/mol. The van der Waals surface area contributed by atoms with Crippen LogP contribution in [0.1, 0.15) is 38.2 Å². The van der Waals surface area contributed by atoms with E-state index in [1.54, 1.807) is 0 Å². The third-order valence-electron chi connectivity index (χ3n) is 4.81. The highest BCUT2D eigenvalue weighted by molar-refractivity contribution is 5.81. The van der Waals surface area contributed by atoms with Gasteiger partial charge in [0, 0.05) is 13.0 Å². The number of piperidine rings is 1. The Kier molecular flexibility index (Phi) is 7.25. The highest BCUT2D eigenvalue weighted by Gasteiger charge is 2.26. The third-order valence-corrected chi connectivity index (χ3v) is 4.81. The molecule has 1 fully saturated rings. The fourth-order valence-corrected chi connectivity index (χ4v) is 3.26. The quantitative estimate of drug-likeness (QED) is 0.717. The number of benzene rings is 1. The minimum Gasteiger partial charge on any atom is -0.481 e. The lowest BCUT2D eigenvalue weighted by Crippen LogP contribution is -2.48. The summed E-state index contributed by atoms with van der Waals surface area (Å²) < 4.78 is 0. The van der Waals surface area contributed by atoms with Gasteiger partial charge in [0.15, 0.2) is 0 Å². The second-order valence-corrected chi connectivity index (χ2v) is 6.63. The number of nitrogens with one attached hydrogen (secondary N) is 1. The SMILES string of the molecule is CC(C(=O)NCCCC(=O)O)N1CCC(Cc2ccccc2)CC1. The molecule has 1 aromatic carbocycles. The molecule has 1 heterocycles. The monoisotopic (exact) mass is 332 g/mol. The standard InChI is InChI=1S/C19H28N2O3/c1-15(19(24)20-11-5-8-18(22)23)21-12-9-17(10-13-21)14-16-6-3-2-4-7-16/h2-4,6-7,15,17H,5,8-14H2,1H3,(H,20,24)(H,22,23). The predicted molar refractivity (Wildman–Crippen MR) is 93.8 cm³/mol. The van der Waals surface area contributed by atoms with Crippen LogP contribution in [0.25, 0.3) is 0 Å². The first-order valence-electron chi connectivity index (χ1n) is 8.83. The smallest absolute Gasteiger partial charge is 0.303 e. The van der Waals surface area contributed by atoms with Gasteiger partial charge in [0.2, 0.25) is 5.91 Å². The van der Waals surface area contributed by atoms with Crippen LogP contribution >= 0.6 is 0 Å². The summed E-state index contributed by atoms with van der Waals surface area (Å²) in [5, 5.41) is 11.4. The summed E-state index contributed by atoms with van der Waals surface area (Å²) >= 11 is 0. The number of carboxylic acid groups (broad SMARTS) is 1. The molecule has 1 aliphatic rings. The first kappa shape index (κ1) is 18.5. The van der Waals surface area contributed by atoms with Crippen LogP contribution in [0.4, 0.5) is 0 Å². The maximum absolute atomic E-state index is 12.2. The molecule has 132 valence electrons. The molecule has 0 aromatic heterocycles. The van der Waals surface area contributed by atoms with E-state index in [0.29, 0.717) is 18.9 Å². The van der Waals surface area contributed by atoms with Gasteiger partial charge in [-0.2, -0.15) is 0 Å². The van der Waals surface area contributed by atoms with E-state index in [4.69, 9.17) is 5.11 Å². The number of hydrogen-bond acceptors (Lipinski definition) is 3. The van der Waals surface area contributed by atoms with Crippen LogP contribution in [0.2, 0.25) is 0 Å². The number of amides is 1. The van der Waals surface area contributed by atoms with Gasteiger partial charge in [0.1, 0.15) is 0 Å². The molecule has 2 rings (SSSR count). The van der Waals surface area contributed by atoms with Crippen LogP contribution in [0.15, 0.2) is 30.3 Å². The fourth-order valence-electron chi connectivity index (χ4n) is 3.26. The average Bonchev–Trinajstić information content (AvgIpc) is 2.59. The Labute approximate surface area is 144 Å². The van der Waals surface area contributed by atoms with Crippen LogP contribution in [-0.2, 0) is 16.0 Å². The Balaban J connectivity index is 1.69. The summed E-state index contributed by atoms with van der Waals surface area (Å²) in [5.74, 6) is -0.130. The van der Waals surface area contributed by atoms with Crippen molar-refractivity contribution in [3.63, 3.8) is 0 Å². The molecule has 0 bridgehead atoms. The van der Waals surface area contributed by atoms with E-state index in [-0.39, 0.29) is 18.4 Å². The number of rotatable bonds is 8. The number of carboxylic acids is 1. The van der Waals surface area contributed by atoms with Crippen molar-refractivity contribution in [1.82, 2.24) is 10.2 Å². The van der Waals surface area contributed by atoms with Crippen molar-refractivity contribution in [3.05, 3.63) is 35.9 Å². The molecule has 5 nitrogen and oxygen atoms in total. The number of carbonyl (C=O) groups excluding carboxylic acids is 1. The van der Waals surface area contributed by atoms with E-state index in [0.717, 1.165) is 32.4 Å². The summed E-state index contributed by atoms with van der Waals surface area (Å²) in [6.07, 6.45) is 3.92. The molecule has 0 radical (unpaired) electrons. The zero-order valence-electron chi connectivity index (χ0n) is 14.4. The Morgan fingerprint density at radius 2 is 1.92 bits per heavy atom. The molecule has 0 spiro atoms. The number of aliphatic carboxylic acids is 1. The van der Waals surface area contributed by atoms with E-state index in [1.807, 2.05) is 13.0 Å². The van der Waals surface area contributed by atoms with Crippen LogP contribution in [0, 0.1) is 5.92 Å². The van der Waals surface area contributed by atoms with Crippen LogP contribution in [0.5, 0.6) is 0 Å². The van der Waals surface area contributed by atoms with Crippen molar-refractivity contribution < 1.29 is 14.7 Å². The molecule has 2 N–H and O–H groups in total. The maximum Gasteiger partial charge on any atom is 0.303 e. The number of hydrogen-bond donors (Lipinski definition) is 2. The van der Waals surface area contributed by atoms with E-state index < -0.39 is 5.97 Å². The maximum atomic E-state index is 12.2. The van der Waals surface area contributed by atoms with Gasteiger partial charge in [-0.05, 0) is 57.2 Å². The molecular weight excluding hydrogens is 304 g/mol. The van der Waals surface area contributed by atoms with Crippen LogP contribution in [-0.4, -0.2) is 47.6 Å². The Bertz CT molecular complexity index is 525. The molecule has 5 heteroatoms. The second kappa shape index (κ2) is 9.42. The largest absolute Gasteiger partial charge is 0.481 e. The van der Waals surface area contributed by atoms with Gasteiger partial charge in [-0.1, -0.05) is 30.3 Å². The van der Waals surface area contributed by atoms with Crippen molar-refractivity contribution in [2.45, 2.75) is 45.1 Å². The molecule has 1 unspecified atom stereocenters. The Morgan fingerprint density at radius 1 is 1.25 bits per heavy atom. The fraction of sp³-hybridized carbons (Fsp3) is 0.579. The summed E-state index contributed by atoms with van der Waals surface area (Å²) in [6.45, 7) is 4.26. The molecule has 0 saturated carbocycles. The lowest BCUT2D eigenvalue weighted by atomic mass is 9.89. The molecule has 24 heavy (non-hydrogen) atoms. The highest BCUT2D eigenvalue weighted by Crippen LogP contribution is 2.22. The van der Waals surface area contributed by atoms with Gasteiger partial charge in [-0.3, -0.25) is 14.5 Å². The van der Waals surface area contributed by atoms with Crippen LogP contribution < -0.4 is 5.32 Å². The van der Waals surface area contributed by atoms with E-state index in [9.17, 15) is 9.59 Å². The first-order valence-corrected chi connectivity index (χ1v) is 8.83. The normalized spacial score (nSPS) is 17.4. The summed E-state index contributed by atoms with van der Waals surface area (Å²) in [7, 11) is 0. The molecule has 1 atom stereocenters. The van der Waals surface area contributed by atoms with Gasteiger partial charge in [0.25, 0.3) is 0 Å². The third kappa shape index (κ3) is 5.96. The van der Waals surface area contributed by atoms with Crippen molar-refractivity contribution in [1.29, 1.82) is 0 Å². The van der Waals surface area contributed by atoms with Crippen molar-refractivity contribution in [2.75, 3.05) is 19.6 Å². The Hall–Kier alpha value is -1.88. The van der Waals surface area contributed by atoms with Crippen LogP contribution in [0.3, 0.4) is 0 Å². The summed E-state index contributed by atoms with van der Waals surface area (Å²) in [5.41, 5.74) is 1.39. The predicted octanol–water partition coefficient (Wildman–Crippen LogP) is 2.31. The van der Waals surface area contributed by atoms with Gasteiger partial charge in [-0.15, -0.1) is 0 Å². The van der Waals surface area contributed by atoms with E-state index in [2.05, 4.69) is 34.5 Å². The number of nitrogens with zero attached hydrogens (tertiary/aromatic N) is 1. The molecule has 1 aliphatic heterocycles. The van der Waals surface area contributed by atoms with E-state index in [1.165, 1.54) is 5.56 Å². The lowest BCUT2D eigenvalue weighted by molar-refractivity contribution is -0.137. The molecule has 0 aliphatic carbocycles. The van der Waals surface area contributed by atoms with E-state index >= 15 is 0 Å². The topological polar surface area (TPSA) is 69.6 Å². The molecule has 1 amide bonds.